The minimum atomic E-state index is 0.717. The zero-order chi connectivity index (χ0) is 13.6. The molecule has 0 saturated heterocycles. The van der Waals surface area contributed by atoms with Gasteiger partial charge >= 0.3 is 0 Å². The van der Waals surface area contributed by atoms with Gasteiger partial charge < -0.3 is 0 Å². The van der Waals surface area contributed by atoms with E-state index in [4.69, 9.17) is 0 Å². The quantitative estimate of drug-likeness (QED) is 0.717. The highest BCUT2D eigenvalue weighted by Gasteiger charge is 2.01. The number of nitrogens with zero attached hydrogens (tertiary/aromatic N) is 3. The predicted molar refractivity (Wildman–Crippen MR) is 80.9 cm³/mol. The number of hydrogen-bond acceptors (Lipinski definition) is 2. The Kier molecular flexibility index (Phi) is 3.69. The van der Waals surface area contributed by atoms with E-state index in [1.54, 1.807) is 0 Å². The second-order valence-corrected chi connectivity index (χ2v) is 4.50. The fourth-order valence-corrected chi connectivity index (χ4v) is 1.99. The molecule has 0 fully saturated rings. The van der Waals surface area contributed by atoms with Gasteiger partial charge in [-0.15, -0.1) is 5.10 Å². The van der Waals surface area contributed by atoms with Gasteiger partial charge in [-0.1, -0.05) is 78.0 Å². The van der Waals surface area contributed by atoms with Gasteiger partial charge in [-0.2, -0.15) is 0 Å². The lowest BCUT2D eigenvalue weighted by Gasteiger charge is -1.94. The molecule has 3 rings (SSSR count). The molecule has 3 heteroatoms. The van der Waals surface area contributed by atoms with Crippen LogP contribution in [0.4, 0.5) is 0 Å². The molecule has 0 N–H and O–H groups in total. The smallest absolute Gasteiger partial charge is 0.113 e. The molecule has 20 heavy (non-hydrogen) atoms. The van der Waals surface area contributed by atoms with Gasteiger partial charge in [0, 0.05) is 5.56 Å². The fraction of sp³-hybridized carbons (Fsp3) is 0.0588. The Balaban J connectivity index is 1.68. The molecule has 98 valence electrons. The summed E-state index contributed by atoms with van der Waals surface area (Å²) in [6.07, 6.45) is 6.13. The third-order valence-corrected chi connectivity index (χ3v) is 3.01. The van der Waals surface area contributed by atoms with Crippen molar-refractivity contribution in [2.45, 2.75) is 6.54 Å². The first-order valence-corrected chi connectivity index (χ1v) is 6.59. The van der Waals surface area contributed by atoms with E-state index in [0.29, 0.717) is 6.54 Å². The minimum absolute atomic E-state index is 0.717. The summed E-state index contributed by atoms with van der Waals surface area (Å²) in [7, 11) is 0. The first-order chi connectivity index (χ1) is 9.92. The predicted octanol–water partition coefficient (Wildman–Crippen LogP) is 3.66. The molecule has 2 aromatic carbocycles. The van der Waals surface area contributed by atoms with Gasteiger partial charge in [0.25, 0.3) is 0 Å². The van der Waals surface area contributed by atoms with Crippen molar-refractivity contribution in [2.75, 3.05) is 0 Å². The van der Waals surface area contributed by atoms with Crippen LogP contribution in [0.5, 0.6) is 0 Å². The van der Waals surface area contributed by atoms with Crippen LogP contribution in [0.2, 0.25) is 0 Å². The summed E-state index contributed by atoms with van der Waals surface area (Å²) < 4.78 is 1.84. The second kappa shape index (κ2) is 5.97. The highest BCUT2D eigenvalue weighted by Crippen LogP contribution is 2.14. The average Bonchev–Trinajstić information content (AvgIpc) is 2.98. The Labute approximate surface area is 118 Å². The molecule has 3 nitrogen and oxygen atoms in total. The SMILES string of the molecule is C(=C\c1ccccc1)/Cn1cc(-c2ccccc2)nn1. The van der Waals surface area contributed by atoms with E-state index in [2.05, 4.69) is 34.6 Å². The van der Waals surface area contributed by atoms with Gasteiger partial charge in [0.15, 0.2) is 0 Å². The van der Waals surface area contributed by atoms with E-state index in [1.807, 2.05) is 59.4 Å². The summed E-state index contributed by atoms with van der Waals surface area (Å²) >= 11 is 0. The zero-order valence-electron chi connectivity index (χ0n) is 11.1. The molecule has 3 aromatic rings. The van der Waals surface area contributed by atoms with E-state index in [0.717, 1.165) is 11.3 Å². The van der Waals surface area contributed by atoms with Crippen LogP contribution < -0.4 is 0 Å². The van der Waals surface area contributed by atoms with E-state index in [1.165, 1.54) is 5.56 Å². The summed E-state index contributed by atoms with van der Waals surface area (Å²) in [5, 5.41) is 8.33. The Morgan fingerprint density at radius 2 is 1.60 bits per heavy atom. The monoisotopic (exact) mass is 261 g/mol. The summed E-state index contributed by atoms with van der Waals surface area (Å²) in [6.45, 7) is 0.717. The third kappa shape index (κ3) is 3.01. The third-order valence-electron chi connectivity index (χ3n) is 3.01. The van der Waals surface area contributed by atoms with Gasteiger partial charge in [0.1, 0.15) is 5.69 Å². The molecular formula is C17H15N3. The number of hydrogen-bond donors (Lipinski definition) is 0. The van der Waals surface area contributed by atoms with Crippen molar-refractivity contribution < 1.29 is 0 Å². The topological polar surface area (TPSA) is 30.7 Å². The van der Waals surface area contributed by atoms with Crippen molar-refractivity contribution in [3.63, 3.8) is 0 Å². The molecule has 0 radical (unpaired) electrons. The molecule has 1 heterocycles. The summed E-state index contributed by atoms with van der Waals surface area (Å²) in [4.78, 5) is 0. The van der Waals surface area contributed by atoms with Gasteiger partial charge in [0.2, 0.25) is 0 Å². The molecule has 0 bridgehead atoms. The van der Waals surface area contributed by atoms with Crippen LogP contribution in [0.25, 0.3) is 17.3 Å². The van der Waals surface area contributed by atoms with Crippen LogP contribution in [-0.2, 0) is 6.54 Å². The molecule has 0 aliphatic carbocycles. The van der Waals surface area contributed by atoms with Crippen molar-refractivity contribution >= 4 is 6.08 Å². The van der Waals surface area contributed by atoms with E-state index in [9.17, 15) is 0 Å². The standard InChI is InChI=1S/C17H15N3/c1-3-8-15(9-4-1)10-7-13-20-14-17(18-19-20)16-11-5-2-6-12-16/h1-12,14H,13H2/b10-7+. The Bertz CT molecular complexity index is 685. The largest absolute Gasteiger partial charge is 0.248 e. The van der Waals surface area contributed by atoms with Gasteiger partial charge in [-0.25, -0.2) is 4.68 Å². The molecule has 0 saturated carbocycles. The maximum atomic E-state index is 4.19. The fourth-order valence-electron chi connectivity index (χ4n) is 1.99. The molecule has 0 aliphatic rings. The minimum Gasteiger partial charge on any atom is -0.248 e. The second-order valence-electron chi connectivity index (χ2n) is 4.50. The molecule has 0 amide bonds. The maximum Gasteiger partial charge on any atom is 0.113 e. The van der Waals surface area contributed by atoms with Gasteiger partial charge in [0.05, 0.1) is 12.7 Å². The Morgan fingerprint density at radius 1 is 0.900 bits per heavy atom. The van der Waals surface area contributed by atoms with Crippen molar-refractivity contribution in [3.05, 3.63) is 78.5 Å². The van der Waals surface area contributed by atoms with Crippen LogP contribution in [0.15, 0.2) is 72.9 Å². The number of allylic oxidation sites excluding steroid dienone is 1. The first kappa shape index (κ1) is 12.4. The van der Waals surface area contributed by atoms with Gasteiger partial charge in [-0.05, 0) is 5.56 Å². The molecule has 0 spiro atoms. The lowest BCUT2D eigenvalue weighted by atomic mass is 10.2. The number of benzene rings is 2. The Hall–Kier alpha value is -2.68. The zero-order valence-corrected chi connectivity index (χ0v) is 11.1. The van der Waals surface area contributed by atoms with E-state index >= 15 is 0 Å². The lowest BCUT2D eigenvalue weighted by Crippen LogP contribution is -1.95. The molecule has 0 unspecified atom stereocenters. The molecule has 1 aromatic heterocycles. The van der Waals surface area contributed by atoms with Crippen LogP contribution in [0, 0.1) is 0 Å². The normalized spacial score (nSPS) is 11.0. The van der Waals surface area contributed by atoms with Crippen molar-refractivity contribution in [1.82, 2.24) is 15.0 Å². The van der Waals surface area contributed by atoms with Crippen LogP contribution in [0.1, 0.15) is 5.56 Å². The molecule has 0 aliphatic heterocycles. The average molecular weight is 261 g/mol. The van der Waals surface area contributed by atoms with Crippen molar-refractivity contribution in [2.24, 2.45) is 0 Å². The summed E-state index contributed by atoms with van der Waals surface area (Å²) in [6, 6.07) is 20.3. The Morgan fingerprint density at radius 3 is 2.35 bits per heavy atom. The summed E-state index contributed by atoms with van der Waals surface area (Å²) in [5.41, 5.74) is 3.18. The van der Waals surface area contributed by atoms with Crippen LogP contribution >= 0.6 is 0 Å². The highest BCUT2D eigenvalue weighted by molar-refractivity contribution is 5.57. The maximum absolute atomic E-state index is 4.19. The number of rotatable bonds is 4. The van der Waals surface area contributed by atoms with Gasteiger partial charge in [-0.3, -0.25) is 0 Å². The van der Waals surface area contributed by atoms with Crippen molar-refractivity contribution in [1.29, 1.82) is 0 Å². The number of aromatic nitrogens is 3. The first-order valence-electron chi connectivity index (χ1n) is 6.59. The molecular weight excluding hydrogens is 246 g/mol. The van der Waals surface area contributed by atoms with E-state index in [-0.39, 0.29) is 0 Å². The molecule has 0 atom stereocenters. The highest BCUT2D eigenvalue weighted by atomic mass is 15.4. The van der Waals surface area contributed by atoms with Crippen LogP contribution in [0.3, 0.4) is 0 Å². The lowest BCUT2D eigenvalue weighted by molar-refractivity contribution is 0.663. The summed E-state index contributed by atoms with van der Waals surface area (Å²) in [5.74, 6) is 0. The van der Waals surface area contributed by atoms with E-state index < -0.39 is 0 Å². The van der Waals surface area contributed by atoms with Crippen molar-refractivity contribution in [3.8, 4) is 11.3 Å². The van der Waals surface area contributed by atoms with Crippen LogP contribution in [-0.4, -0.2) is 15.0 Å².